The van der Waals surface area contributed by atoms with Gasteiger partial charge in [-0.1, -0.05) is 0 Å². The van der Waals surface area contributed by atoms with E-state index in [0.29, 0.717) is 51.9 Å². The Hall–Kier alpha value is -4.80. The largest absolute Gasteiger partial charge is 0.493 e. The second-order valence-corrected chi connectivity index (χ2v) is 8.07. The summed E-state index contributed by atoms with van der Waals surface area (Å²) in [6.45, 7) is 5.68. The maximum absolute atomic E-state index is 12.6. The highest BCUT2D eigenvalue weighted by Gasteiger charge is 2.15. The van der Waals surface area contributed by atoms with Gasteiger partial charge < -0.3 is 29.6 Å². The van der Waals surface area contributed by atoms with Crippen LogP contribution in [0.4, 0.5) is 16.2 Å². The lowest BCUT2D eigenvalue weighted by Gasteiger charge is -2.15. The molecule has 0 aliphatic rings. The lowest BCUT2D eigenvalue weighted by atomic mass is 10.2. The van der Waals surface area contributed by atoms with E-state index in [9.17, 15) is 4.79 Å². The van der Waals surface area contributed by atoms with Crippen LogP contribution in [0.5, 0.6) is 28.9 Å². The molecular weight excluding hydrogens is 476 g/mol. The summed E-state index contributed by atoms with van der Waals surface area (Å²) in [6, 6.07) is 13.4. The lowest BCUT2D eigenvalue weighted by Crippen LogP contribution is -2.19. The fourth-order valence-electron chi connectivity index (χ4n) is 3.72. The van der Waals surface area contributed by atoms with E-state index in [0.717, 1.165) is 11.4 Å². The Kier molecular flexibility index (Phi) is 7.42. The number of ether oxygens (including phenoxy) is 4. The molecule has 2 heterocycles. The third kappa shape index (κ3) is 5.89. The maximum atomic E-state index is 12.6. The molecule has 4 rings (SSSR count). The summed E-state index contributed by atoms with van der Waals surface area (Å²) in [6.07, 6.45) is 0. The summed E-state index contributed by atoms with van der Waals surface area (Å²) in [7, 11) is 4.53. The number of rotatable bonds is 8. The molecule has 4 aromatic rings. The molecule has 0 aliphatic carbocycles. The fourth-order valence-corrected chi connectivity index (χ4v) is 3.72. The molecule has 0 unspecified atom stereocenters. The third-order valence-electron chi connectivity index (χ3n) is 5.28. The minimum atomic E-state index is -0.441. The molecule has 192 valence electrons. The smallest absolute Gasteiger partial charge is 0.323 e. The van der Waals surface area contributed by atoms with Gasteiger partial charge in [-0.15, -0.1) is 0 Å². The van der Waals surface area contributed by atoms with Crippen LogP contribution in [0.2, 0.25) is 0 Å². The maximum Gasteiger partial charge on any atom is 0.323 e. The van der Waals surface area contributed by atoms with Gasteiger partial charge in [0.05, 0.1) is 32.7 Å². The normalized spacial score (nSPS) is 10.5. The number of aryl methyl sites for hydroxylation is 3. The van der Waals surface area contributed by atoms with Crippen LogP contribution in [0, 0.1) is 20.8 Å². The van der Waals surface area contributed by atoms with E-state index in [1.54, 1.807) is 54.1 Å². The number of carbonyl (C=O) groups is 1. The Morgan fingerprint density at radius 3 is 2.03 bits per heavy atom. The number of hydrogen-bond acceptors (Lipinski definition) is 8. The molecule has 0 radical (unpaired) electrons. The molecule has 0 fully saturated rings. The van der Waals surface area contributed by atoms with Gasteiger partial charge in [0.1, 0.15) is 11.6 Å². The van der Waals surface area contributed by atoms with E-state index in [1.165, 1.54) is 21.3 Å². The van der Waals surface area contributed by atoms with Gasteiger partial charge in [0.15, 0.2) is 17.3 Å². The minimum absolute atomic E-state index is 0.385. The van der Waals surface area contributed by atoms with Crippen molar-refractivity contribution in [3.05, 3.63) is 65.7 Å². The van der Waals surface area contributed by atoms with Crippen LogP contribution in [0.15, 0.2) is 48.5 Å². The summed E-state index contributed by atoms with van der Waals surface area (Å²) in [5.74, 6) is 3.41. The molecule has 0 saturated carbocycles. The summed E-state index contributed by atoms with van der Waals surface area (Å²) in [4.78, 5) is 21.4. The zero-order valence-corrected chi connectivity index (χ0v) is 21.4. The highest BCUT2D eigenvalue weighted by Crippen LogP contribution is 2.40. The number of carbonyl (C=O) groups excluding carboxylic acids is 1. The zero-order valence-electron chi connectivity index (χ0n) is 21.4. The van der Waals surface area contributed by atoms with Crippen molar-refractivity contribution in [3.8, 4) is 34.7 Å². The first kappa shape index (κ1) is 25.3. The van der Waals surface area contributed by atoms with Crippen LogP contribution >= 0.6 is 0 Å². The summed E-state index contributed by atoms with van der Waals surface area (Å²) >= 11 is 0. The van der Waals surface area contributed by atoms with Crippen LogP contribution in [-0.4, -0.2) is 47.1 Å². The molecule has 2 N–H and O–H groups in total. The quantitative estimate of drug-likeness (QED) is 0.342. The van der Waals surface area contributed by atoms with Gasteiger partial charge >= 0.3 is 6.03 Å². The minimum Gasteiger partial charge on any atom is -0.493 e. The molecule has 0 aliphatic heterocycles. The number of benzene rings is 2. The van der Waals surface area contributed by atoms with E-state index in [1.807, 2.05) is 19.9 Å². The van der Waals surface area contributed by atoms with Gasteiger partial charge in [0.25, 0.3) is 0 Å². The molecule has 2 aromatic carbocycles. The molecule has 2 aromatic heterocycles. The van der Waals surface area contributed by atoms with E-state index in [-0.39, 0.29) is 0 Å². The number of hydrogen-bond donors (Lipinski definition) is 2. The number of nitrogens with zero attached hydrogens (tertiary/aromatic N) is 4. The van der Waals surface area contributed by atoms with Gasteiger partial charge in [-0.25, -0.2) is 14.5 Å². The Morgan fingerprint density at radius 1 is 0.811 bits per heavy atom. The van der Waals surface area contributed by atoms with E-state index >= 15 is 0 Å². The second-order valence-electron chi connectivity index (χ2n) is 8.07. The molecular formula is C26H28N6O5. The molecule has 11 heteroatoms. The number of urea groups is 1. The van der Waals surface area contributed by atoms with E-state index < -0.39 is 6.03 Å². The number of nitrogens with one attached hydrogen (secondary N) is 2. The van der Waals surface area contributed by atoms with Gasteiger partial charge in [0.2, 0.25) is 11.6 Å². The fraction of sp³-hybridized carbons (Fsp3) is 0.231. The Bertz CT molecular complexity index is 1390. The molecule has 11 nitrogen and oxygen atoms in total. The highest BCUT2D eigenvalue weighted by atomic mass is 16.5. The van der Waals surface area contributed by atoms with Crippen molar-refractivity contribution in [1.29, 1.82) is 0 Å². The van der Waals surface area contributed by atoms with E-state index in [4.69, 9.17) is 18.9 Å². The first-order valence-corrected chi connectivity index (χ1v) is 11.3. The van der Waals surface area contributed by atoms with Crippen molar-refractivity contribution in [2.75, 3.05) is 32.0 Å². The van der Waals surface area contributed by atoms with Crippen LogP contribution in [0.25, 0.3) is 5.82 Å². The van der Waals surface area contributed by atoms with Crippen molar-refractivity contribution in [2.24, 2.45) is 0 Å². The molecule has 2 amide bonds. The summed E-state index contributed by atoms with van der Waals surface area (Å²) < 4.78 is 23.6. The average Bonchev–Trinajstić information content (AvgIpc) is 3.21. The van der Waals surface area contributed by atoms with Crippen molar-refractivity contribution < 1.29 is 23.7 Å². The number of anilines is 2. The highest BCUT2D eigenvalue weighted by molar-refractivity contribution is 6.00. The van der Waals surface area contributed by atoms with Crippen LogP contribution < -0.4 is 29.6 Å². The Morgan fingerprint density at radius 2 is 1.46 bits per heavy atom. The van der Waals surface area contributed by atoms with Crippen molar-refractivity contribution in [2.45, 2.75) is 20.8 Å². The number of aromatic nitrogens is 4. The summed E-state index contributed by atoms with van der Waals surface area (Å²) in [5.41, 5.74) is 2.90. The first-order chi connectivity index (χ1) is 17.8. The van der Waals surface area contributed by atoms with Crippen LogP contribution in [0.3, 0.4) is 0 Å². The molecule has 0 saturated heterocycles. The van der Waals surface area contributed by atoms with Gasteiger partial charge in [-0.05, 0) is 51.1 Å². The van der Waals surface area contributed by atoms with Gasteiger partial charge in [-0.3, -0.25) is 0 Å². The first-order valence-electron chi connectivity index (χ1n) is 11.3. The SMILES string of the molecule is COc1cc(NC(=O)Nc2ccc(Oc3cc(-n4nc(C)cc4C)nc(C)n3)cc2)cc(OC)c1OC. The third-order valence-corrected chi connectivity index (χ3v) is 5.28. The predicted molar refractivity (Wildman–Crippen MR) is 139 cm³/mol. The second kappa shape index (κ2) is 10.9. The predicted octanol–water partition coefficient (Wildman–Crippen LogP) is 5.05. The molecule has 37 heavy (non-hydrogen) atoms. The van der Waals surface area contributed by atoms with Crippen LogP contribution in [-0.2, 0) is 0 Å². The van der Waals surface area contributed by atoms with Crippen LogP contribution in [0.1, 0.15) is 17.2 Å². The lowest BCUT2D eigenvalue weighted by molar-refractivity contribution is 0.262. The number of methoxy groups -OCH3 is 3. The van der Waals surface area contributed by atoms with E-state index in [2.05, 4.69) is 25.7 Å². The Balaban J connectivity index is 1.43. The van der Waals surface area contributed by atoms with Gasteiger partial charge in [0, 0.05) is 29.6 Å². The van der Waals surface area contributed by atoms with Crippen molar-refractivity contribution in [3.63, 3.8) is 0 Å². The molecule has 0 bridgehead atoms. The van der Waals surface area contributed by atoms with Crippen molar-refractivity contribution >= 4 is 17.4 Å². The monoisotopic (exact) mass is 504 g/mol. The molecule has 0 spiro atoms. The van der Waals surface area contributed by atoms with Crippen molar-refractivity contribution in [1.82, 2.24) is 19.7 Å². The Labute approximate surface area is 214 Å². The zero-order chi connectivity index (χ0) is 26.5. The summed E-state index contributed by atoms with van der Waals surface area (Å²) in [5, 5.41) is 10.0. The molecule has 0 atom stereocenters. The standard InChI is InChI=1S/C26H28N6O5/c1-15-11-16(2)32(31-15)23-14-24(28-17(3)27-23)37-20-9-7-18(8-10-20)29-26(33)30-19-12-21(34-4)25(36-6)22(13-19)35-5/h7-14H,1-6H3,(H2,29,30,33). The van der Waals surface area contributed by atoms with Gasteiger partial charge in [-0.2, -0.15) is 10.1 Å². The number of amides is 2. The topological polar surface area (TPSA) is 122 Å². The average molecular weight is 505 g/mol.